The third-order valence-electron chi connectivity index (χ3n) is 10.6. The number of epoxide rings is 2. The highest BCUT2D eigenvalue weighted by Gasteiger charge is 2.27. The smallest absolute Gasteiger partial charge is 0.106 e. The molecule has 266 valence electrons. The van der Waals surface area contributed by atoms with Crippen molar-refractivity contribution in [1.82, 2.24) is 4.57 Å². The summed E-state index contributed by atoms with van der Waals surface area (Å²) in [5.41, 5.74) is 12.4. The average Bonchev–Trinajstić information content (AvgIpc) is 4.12. The molecule has 3 heterocycles. The number of anilines is 6. The molecule has 7 nitrogen and oxygen atoms in total. The largest absolute Gasteiger partial charge is 0.389 e. The van der Waals surface area contributed by atoms with Crippen molar-refractivity contribution in [3.8, 4) is 0 Å². The molecule has 2 aliphatic rings. The summed E-state index contributed by atoms with van der Waals surface area (Å²) in [5.74, 6) is 0. The standard InChI is InChI=1S/C46H43N3O4/c1-4-47-43-19-17-39(48(35-13-5-9-31(21-35)29(2)50)37-15-7-11-33(23-37)45-27-52-45)25-41(43)42-26-40(18-20-44(42)47)49(36-14-6-10-32(22-36)30(3)51)38-16-8-12-34(24-38)46-28-53-46/h5-26,29-30,45-46,50-51H,4,27-28H2,1-3H3. The lowest BCUT2D eigenvalue weighted by Crippen LogP contribution is -2.11. The van der Waals surface area contributed by atoms with Crippen LogP contribution in [0.4, 0.5) is 34.1 Å². The maximum Gasteiger partial charge on any atom is 0.106 e. The summed E-state index contributed by atoms with van der Waals surface area (Å²) >= 11 is 0. The average molecular weight is 702 g/mol. The van der Waals surface area contributed by atoms with Gasteiger partial charge in [-0.15, -0.1) is 0 Å². The van der Waals surface area contributed by atoms with E-state index in [1.54, 1.807) is 13.8 Å². The molecule has 2 saturated heterocycles. The number of hydrogen-bond donors (Lipinski definition) is 2. The molecule has 2 fully saturated rings. The van der Waals surface area contributed by atoms with Crippen molar-refractivity contribution in [3.05, 3.63) is 156 Å². The summed E-state index contributed by atoms with van der Waals surface area (Å²) in [6.07, 6.45) is -0.919. The number of ether oxygens (including phenoxy) is 2. The maximum atomic E-state index is 10.5. The second-order valence-corrected chi connectivity index (χ2v) is 14.2. The molecular weight excluding hydrogens is 659 g/mol. The van der Waals surface area contributed by atoms with Gasteiger partial charge in [-0.25, -0.2) is 0 Å². The van der Waals surface area contributed by atoms with Gasteiger partial charge in [0, 0.05) is 62.5 Å². The lowest BCUT2D eigenvalue weighted by molar-refractivity contribution is 0.199. The van der Waals surface area contributed by atoms with Crippen LogP contribution in [0.3, 0.4) is 0 Å². The number of hydrogen-bond acceptors (Lipinski definition) is 6. The first-order valence-corrected chi connectivity index (χ1v) is 18.5. The lowest BCUT2D eigenvalue weighted by Gasteiger charge is -2.27. The van der Waals surface area contributed by atoms with E-state index >= 15 is 0 Å². The molecular formula is C46H43N3O4. The molecule has 0 bridgehead atoms. The van der Waals surface area contributed by atoms with Crippen LogP contribution in [0, 0.1) is 0 Å². The van der Waals surface area contributed by atoms with Crippen molar-refractivity contribution < 1.29 is 19.7 Å². The molecule has 6 aromatic carbocycles. The van der Waals surface area contributed by atoms with Crippen LogP contribution in [-0.2, 0) is 16.0 Å². The van der Waals surface area contributed by atoms with Crippen LogP contribution >= 0.6 is 0 Å². The Bertz CT molecular complexity index is 2200. The number of aromatic nitrogens is 1. The number of nitrogens with zero attached hydrogens (tertiary/aromatic N) is 3. The van der Waals surface area contributed by atoms with Crippen LogP contribution in [0.1, 0.15) is 67.4 Å². The maximum absolute atomic E-state index is 10.5. The molecule has 9 rings (SSSR count). The Hall–Kier alpha value is -5.44. The van der Waals surface area contributed by atoms with Crippen molar-refractivity contribution in [2.75, 3.05) is 23.0 Å². The van der Waals surface area contributed by atoms with E-state index in [9.17, 15) is 10.2 Å². The van der Waals surface area contributed by atoms with Gasteiger partial charge in [-0.3, -0.25) is 0 Å². The predicted molar refractivity (Wildman–Crippen MR) is 213 cm³/mol. The van der Waals surface area contributed by atoms with E-state index in [4.69, 9.17) is 9.47 Å². The Kier molecular flexibility index (Phi) is 8.52. The van der Waals surface area contributed by atoms with Gasteiger partial charge in [-0.1, -0.05) is 48.5 Å². The Labute approximate surface area is 309 Å². The van der Waals surface area contributed by atoms with Crippen molar-refractivity contribution in [2.45, 2.75) is 51.7 Å². The monoisotopic (exact) mass is 701 g/mol. The predicted octanol–water partition coefficient (Wildman–Crippen LogP) is 11.0. The zero-order valence-corrected chi connectivity index (χ0v) is 30.2. The van der Waals surface area contributed by atoms with Gasteiger partial charge >= 0.3 is 0 Å². The van der Waals surface area contributed by atoms with Crippen molar-refractivity contribution in [3.63, 3.8) is 0 Å². The molecule has 0 saturated carbocycles. The number of aliphatic hydroxyl groups is 2. The Morgan fingerprint density at radius 3 is 1.30 bits per heavy atom. The van der Waals surface area contributed by atoms with E-state index in [1.807, 2.05) is 24.3 Å². The highest BCUT2D eigenvalue weighted by atomic mass is 16.6. The quantitative estimate of drug-likeness (QED) is 0.131. The minimum absolute atomic E-state index is 0.130. The van der Waals surface area contributed by atoms with Crippen LogP contribution in [0.2, 0.25) is 0 Å². The highest BCUT2D eigenvalue weighted by Crippen LogP contribution is 2.44. The van der Waals surface area contributed by atoms with Gasteiger partial charge < -0.3 is 34.1 Å². The SMILES string of the molecule is CCn1c2ccc(N(c3cccc(C(C)O)c3)c3cccc(C4CO4)c3)cc2c2cc(N(c3cccc(C(C)O)c3)c3cccc(C4CO4)c3)ccc21. The van der Waals surface area contributed by atoms with Crippen LogP contribution < -0.4 is 9.80 Å². The summed E-state index contributed by atoms with van der Waals surface area (Å²) in [4.78, 5) is 4.55. The van der Waals surface area contributed by atoms with Gasteiger partial charge in [0.15, 0.2) is 0 Å². The summed E-state index contributed by atoms with van der Waals surface area (Å²) < 4.78 is 13.7. The molecule has 4 unspecified atom stereocenters. The topological polar surface area (TPSA) is 76.9 Å². The van der Waals surface area contributed by atoms with Crippen LogP contribution in [0.25, 0.3) is 21.8 Å². The first kappa shape index (κ1) is 33.4. The molecule has 2 aliphatic heterocycles. The van der Waals surface area contributed by atoms with Crippen LogP contribution in [0.15, 0.2) is 133 Å². The summed E-state index contributed by atoms with van der Waals surface area (Å²) in [6.45, 7) is 8.11. The summed E-state index contributed by atoms with van der Waals surface area (Å²) in [7, 11) is 0. The van der Waals surface area contributed by atoms with E-state index < -0.39 is 12.2 Å². The minimum atomic E-state index is -0.590. The van der Waals surface area contributed by atoms with E-state index in [0.29, 0.717) is 0 Å². The second-order valence-electron chi connectivity index (χ2n) is 14.2. The number of aryl methyl sites for hydroxylation is 1. The van der Waals surface area contributed by atoms with E-state index in [1.165, 1.54) is 0 Å². The van der Waals surface area contributed by atoms with Gasteiger partial charge in [0.1, 0.15) is 12.2 Å². The number of rotatable bonds is 11. The Morgan fingerprint density at radius 2 is 0.925 bits per heavy atom. The van der Waals surface area contributed by atoms with E-state index in [-0.39, 0.29) is 12.2 Å². The first-order chi connectivity index (χ1) is 25.9. The van der Waals surface area contributed by atoms with Gasteiger partial charge in [-0.05, 0) is 128 Å². The number of benzene rings is 6. The molecule has 4 atom stereocenters. The van der Waals surface area contributed by atoms with Crippen molar-refractivity contribution in [2.24, 2.45) is 0 Å². The van der Waals surface area contributed by atoms with E-state index in [0.717, 1.165) is 97.9 Å². The van der Waals surface area contributed by atoms with Crippen molar-refractivity contribution in [1.29, 1.82) is 0 Å². The summed E-state index contributed by atoms with van der Waals surface area (Å²) in [6, 6.07) is 46.9. The molecule has 7 heteroatoms. The molecule has 1 aromatic heterocycles. The molecule has 2 N–H and O–H groups in total. The molecule has 53 heavy (non-hydrogen) atoms. The van der Waals surface area contributed by atoms with Crippen LogP contribution in [0.5, 0.6) is 0 Å². The van der Waals surface area contributed by atoms with E-state index in [2.05, 4.69) is 130 Å². The third kappa shape index (κ3) is 6.36. The summed E-state index contributed by atoms with van der Waals surface area (Å²) in [5, 5.41) is 23.4. The number of aliphatic hydroxyl groups excluding tert-OH is 2. The first-order valence-electron chi connectivity index (χ1n) is 18.5. The second kappa shape index (κ2) is 13.5. The fraction of sp³-hybridized carbons (Fsp3) is 0.217. The van der Waals surface area contributed by atoms with Crippen LogP contribution in [-0.4, -0.2) is 28.0 Å². The normalized spacial score (nSPS) is 17.5. The zero-order chi connectivity index (χ0) is 36.2. The zero-order valence-electron chi connectivity index (χ0n) is 30.2. The van der Waals surface area contributed by atoms with Gasteiger partial charge in [0.05, 0.1) is 25.4 Å². The molecule has 0 aliphatic carbocycles. The molecule has 7 aromatic rings. The highest BCUT2D eigenvalue weighted by molar-refractivity contribution is 6.11. The molecule has 0 spiro atoms. The Balaban J connectivity index is 1.23. The Morgan fingerprint density at radius 1 is 0.547 bits per heavy atom. The molecule has 0 amide bonds. The number of fused-ring (bicyclic) bond motifs is 3. The van der Waals surface area contributed by atoms with Gasteiger partial charge in [0.2, 0.25) is 0 Å². The third-order valence-corrected chi connectivity index (χ3v) is 10.6. The minimum Gasteiger partial charge on any atom is -0.389 e. The fourth-order valence-corrected chi connectivity index (χ4v) is 7.65. The fourth-order valence-electron chi connectivity index (χ4n) is 7.65. The van der Waals surface area contributed by atoms with Gasteiger partial charge in [-0.2, -0.15) is 0 Å². The van der Waals surface area contributed by atoms with Crippen molar-refractivity contribution >= 4 is 55.9 Å². The molecule has 0 radical (unpaired) electrons. The van der Waals surface area contributed by atoms with Gasteiger partial charge in [0.25, 0.3) is 0 Å². The lowest BCUT2D eigenvalue weighted by atomic mass is 10.0.